The van der Waals surface area contributed by atoms with Crippen molar-refractivity contribution in [2.24, 2.45) is 0 Å². The molecular formula is C18H28N2O. The van der Waals surface area contributed by atoms with Gasteiger partial charge in [0.05, 0.1) is 12.2 Å². The average molecular weight is 288 g/mol. The zero-order valence-electron chi connectivity index (χ0n) is 13.2. The van der Waals surface area contributed by atoms with Crippen molar-refractivity contribution in [2.45, 2.75) is 38.4 Å². The van der Waals surface area contributed by atoms with Crippen LogP contribution in [0.1, 0.15) is 37.9 Å². The fourth-order valence-electron chi connectivity index (χ4n) is 3.54. The minimum atomic E-state index is 0.233. The highest BCUT2D eigenvalue weighted by atomic mass is 16.5. The van der Waals surface area contributed by atoms with Crippen LogP contribution in [0, 0.1) is 0 Å². The first-order valence-electron chi connectivity index (χ1n) is 8.46. The molecule has 0 aliphatic carbocycles. The summed E-state index contributed by atoms with van der Waals surface area (Å²) in [5.74, 6) is 0. The minimum absolute atomic E-state index is 0.233. The second-order valence-corrected chi connectivity index (χ2v) is 6.51. The first kappa shape index (κ1) is 15.0. The summed E-state index contributed by atoms with van der Waals surface area (Å²) in [5, 5.41) is 0. The summed E-state index contributed by atoms with van der Waals surface area (Å²) in [5.41, 5.74) is 1.31. The topological polar surface area (TPSA) is 15.7 Å². The Hall–Kier alpha value is -0.900. The quantitative estimate of drug-likeness (QED) is 0.847. The molecule has 3 nitrogen and oxygen atoms in total. The fraction of sp³-hybridized carbons (Fsp3) is 0.667. The zero-order valence-corrected chi connectivity index (χ0v) is 13.2. The summed E-state index contributed by atoms with van der Waals surface area (Å²) in [6.45, 7) is 9.28. The average Bonchev–Trinajstić information content (AvgIpc) is 2.54. The van der Waals surface area contributed by atoms with Crippen LogP contribution in [0.25, 0.3) is 0 Å². The first-order valence-corrected chi connectivity index (χ1v) is 8.46. The summed E-state index contributed by atoms with van der Waals surface area (Å²) in [6, 6.07) is 10.7. The molecule has 2 atom stereocenters. The van der Waals surface area contributed by atoms with E-state index in [2.05, 4.69) is 47.1 Å². The van der Waals surface area contributed by atoms with Crippen LogP contribution in [0.4, 0.5) is 0 Å². The molecule has 0 bridgehead atoms. The number of hydrogen-bond donors (Lipinski definition) is 0. The van der Waals surface area contributed by atoms with Crippen LogP contribution in [0.3, 0.4) is 0 Å². The van der Waals surface area contributed by atoms with Gasteiger partial charge in [-0.15, -0.1) is 0 Å². The Balaban J connectivity index is 1.53. The lowest BCUT2D eigenvalue weighted by Gasteiger charge is -2.38. The molecule has 21 heavy (non-hydrogen) atoms. The van der Waals surface area contributed by atoms with E-state index < -0.39 is 0 Å². The molecule has 2 heterocycles. The van der Waals surface area contributed by atoms with E-state index in [-0.39, 0.29) is 6.10 Å². The van der Waals surface area contributed by atoms with Gasteiger partial charge in [0.15, 0.2) is 0 Å². The van der Waals surface area contributed by atoms with E-state index in [0.29, 0.717) is 6.10 Å². The molecule has 2 aliphatic rings. The van der Waals surface area contributed by atoms with Crippen molar-refractivity contribution in [3.63, 3.8) is 0 Å². The monoisotopic (exact) mass is 288 g/mol. The molecular weight excluding hydrogens is 260 g/mol. The first-order chi connectivity index (χ1) is 10.3. The normalized spacial score (nSPS) is 28.6. The van der Waals surface area contributed by atoms with Crippen LogP contribution < -0.4 is 0 Å². The molecule has 1 aromatic rings. The van der Waals surface area contributed by atoms with Crippen LogP contribution in [-0.4, -0.2) is 55.2 Å². The molecule has 0 aromatic heterocycles. The predicted octanol–water partition coefficient (Wildman–Crippen LogP) is 2.93. The van der Waals surface area contributed by atoms with E-state index in [4.69, 9.17) is 4.74 Å². The lowest BCUT2D eigenvalue weighted by atomic mass is 10.1. The van der Waals surface area contributed by atoms with Gasteiger partial charge in [0, 0.05) is 26.2 Å². The Morgan fingerprint density at radius 2 is 1.67 bits per heavy atom. The van der Waals surface area contributed by atoms with Gasteiger partial charge in [0.1, 0.15) is 0 Å². The number of benzene rings is 1. The molecule has 0 spiro atoms. The summed E-state index contributed by atoms with van der Waals surface area (Å²) >= 11 is 0. The van der Waals surface area contributed by atoms with Crippen molar-refractivity contribution in [2.75, 3.05) is 39.3 Å². The Labute approximate surface area is 128 Å². The highest BCUT2D eigenvalue weighted by Crippen LogP contribution is 2.24. The van der Waals surface area contributed by atoms with E-state index >= 15 is 0 Å². The highest BCUT2D eigenvalue weighted by Gasteiger charge is 2.26. The maximum atomic E-state index is 6.14. The van der Waals surface area contributed by atoms with Crippen molar-refractivity contribution in [3.8, 4) is 0 Å². The summed E-state index contributed by atoms with van der Waals surface area (Å²) < 4.78 is 6.14. The molecule has 2 saturated heterocycles. The van der Waals surface area contributed by atoms with Crippen molar-refractivity contribution >= 4 is 0 Å². The van der Waals surface area contributed by atoms with Gasteiger partial charge in [0.25, 0.3) is 0 Å². The molecule has 0 N–H and O–H groups in total. The number of nitrogens with zero attached hydrogens (tertiary/aromatic N) is 2. The molecule has 3 heteroatoms. The molecule has 2 aliphatic heterocycles. The number of ether oxygens (including phenoxy) is 1. The number of hydrogen-bond acceptors (Lipinski definition) is 3. The molecule has 116 valence electrons. The van der Waals surface area contributed by atoms with Crippen molar-refractivity contribution in [3.05, 3.63) is 35.9 Å². The number of rotatable bonds is 4. The summed E-state index contributed by atoms with van der Waals surface area (Å²) in [7, 11) is 0. The number of piperidine rings is 1. The number of morpholine rings is 1. The van der Waals surface area contributed by atoms with Gasteiger partial charge >= 0.3 is 0 Å². The van der Waals surface area contributed by atoms with E-state index in [1.165, 1.54) is 51.0 Å². The maximum absolute atomic E-state index is 6.14. The van der Waals surface area contributed by atoms with Crippen molar-refractivity contribution in [1.82, 2.24) is 9.80 Å². The molecule has 0 saturated carbocycles. The second kappa shape index (κ2) is 7.39. The molecule has 2 fully saturated rings. The zero-order chi connectivity index (χ0) is 14.5. The van der Waals surface area contributed by atoms with Crippen LogP contribution in [0.2, 0.25) is 0 Å². The summed E-state index contributed by atoms with van der Waals surface area (Å²) in [4.78, 5) is 5.21. The molecule has 2 unspecified atom stereocenters. The van der Waals surface area contributed by atoms with Gasteiger partial charge < -0.3 is 9.64 Å². The highest BCUT2D eigenvalue weighted by molar-refractivity contribution is 5.18. The smallest absolute Gasteiger partial charge is 0.0956 e. The molecule has 0 amide bonds. The van der Waals surface area contributed by atoms with E-state index in [1.807, 2.05) is 0 Å². The Kier molecular flexibility index (Phi) is 5.28. The fourth-order valence-corrected chi connectivity index (χ4v) is 3.54. The van der Waals surface area contributed by atoms with Gasteiger partial charge in [0.2, 0.25) is 0 Å². The van der Waals surface area contributed by atoms with Gasteiger partial charge in [-0.3, -0.25) is 4.90 Å². The lowest BCUT2D eigenvalue weighted by Crippen LogP contribution is -2.46. The Bertz CT molecular complexity index is 416. The van der Waals surface area contributed by atoms with Gasteiger partial charge in [-0.25, -0.2) is 0 Å². The van der Waals surface area contributed by atoms with Gasteiger partial charge in [-0.1, -0.05) is 36.8 Å². The lowest BCUT2D eigenvalue weighted by molar-refractivity contribution is -0.0803. The van der Waals surface area contributed by atoms with Crippen LogP contribution in [0.15, 0.2) is 30.3 Å². The minimum Gasteiger partial charge on any atom is -0.368 e. The Morgan fingerprint density at radius 1 is 0.952 bits per heavy atom. The third-order valence-corrected chi connectivity index (χ3v) is 4.69. The largest absolute Gasteiger partial charge is 0.368 e. The third-order valence-electron chi connectivity index (χ3n) is 4.69. The van der Waals surface area contributed by atoms with Crippen molar-refractivity contribution < 1.29 is 4.74 Å². The Morgan fingerprint density at radius 3 is 2.43 bits per heavy atom. The predicted molar refractivity (Wildman–Crippen MR) is 86.5 cm³/mol. The molecule has 0 radical (unpaired) electrons. The number of likely N-dealkylation sites (tertiary alicyclic amines) is 1. The molecule has 1 aromatic carbocycles. The van der Waals surface area contributed by atoms with Gasteiger partial charge in [-0.2, -0.15) is 0 Å². The van der Waals surface area contributed by atoms with Crippen LogP contribution in [0.5, 0.6) is 0 Å². The SMILES string of the molecule is CC1CN(CCN2CCCCC2)CC(c2ccccc2)O1. The second-order valence-electron chi connectivity index (χ2n) is 6.51. The van der Waals surface area contributed by atoms with Crippen LogP contribution >= 0.6 is 0 Å². The molecule has 3 rings (SSSR count). The third kappa shape index (κ3) is 4.29. The van der Waals surface area contributed by atoms with Gasteiger partial charge in [-0.05, 0) is 38.4 Å². The summed E-state index contributed by atoms with van der Waals surface area (Å²) in [6.07, 6.45) is 4.74. The standard InChI is InChI=1S/C18H28N2O/c1-16-14-20(13-12-19-10-6-3-7-11-19)15-18(21-16)17-8-4-2-5-9-17/h2,4-5,8-9,16,18H,3,6-7,10-15H2,1H3. The van der Waals surface area contributed by atoms with Crippen LogP contribution in [-0.2, 0) is 4.74 Å². The van der Waals surface area contributed by atoms with E-state index in [1.54, 1.807) is 0 Å². The van der Waals surface area contributed by atoms with E-state index in [9.17, 15) is 0 Å². The van der Waals surface area contributed by atoms with E-state index in [0.717, 1.165) is 13.1 Å². The maximum Gasteiger partial charge on any atom is 0.0956 e. The van der Waals surface area contributed by atoms with Crippen molar-refractivity contribution in [1.29, 1.82) is 0 Å².